The Labute approximate surface area is 196 Å². The Kier molecular flexibility index (Phi) is 7.71. The number of fused-ring (bicyclic) bond motifs is 1. The van der Waals surface area contributed by atoms with Gasteiger partial charge in [-0.2, -0.15) is 0 Å². The van der Waals surface area contributed by atoms with Gasteiger partial charge >= 0.3 is 0 Å². The Balaban J connectivity index is 1.54. The number of H-pyrrole nitrogens is 1. The van der Waals surface area contributed by atoms with Gasteiger partial charge < -0.3 is 25.6 Å². The van der Waals surface area contributed by atoms with Gasteiger partial charge in [0.2, 0.25) is 11.8 Å². The monoisotopic (exact) mass is 454 g/mol. The van der Waals surface area contributed by atoms with Crippen molar-refractivity contribution in [1.29, 1.82) is 0 Å². The molecule has 33 heavy (non-hydrogen) atoms. The van der Waals surface area contributed by atoms with Crippen LogP contribution in [0.15, 0.2) is 30.5 Å². The van der Waals surface area contributed by atoms with E-state index in [0.29, 0.717) is 25.9 Å². The molecule has 0 bridgehead atoms. The van der Waals surface area contributed by atoms with E-state index in [0.717, 1.165) is 42.1 Å². The predicted molar refractivity (Wildman–Crippen MR) is 130 cm³/mol. The molecule has 1 aromatic carbocycles. The molecule has 1 saturated heterocycles. The number of aromatic nitrogens is 1. The topological polar surface area (TPSA) is 97.5 Å². The summed E-state index contributed by atoms with van der Waals surface area (Å²) in [5.41, 5.74) is 2.16. The van der Waals surface area contributed by atoms with Crippen molar-refractivity contribution in [1.82, 2.24) is 20.5 Å². The van der Waals surface area contributed by atoms with Crippen molar-refractivity contribution in [2.24, 2.45) is 5.92 Å². The van der Waals surface area contributed by atoms with E-state index in [9.17, 15) is 14.7 Å². The lowest BCUT2D eigenvalue weighted by atomic mass is 9.83. The van der Waals surface area contributed by atoms with Crippen molar-refractivity contribution in [3.05, 3.63) is 36.0 Å². The van der Waals surface area contributed by atoms with Crippen LogP contribution in [0.3, 0.4) is 0 Å². The van der Waals surface area contributed by atoms with Crippen LogP contribution in [0.2, 0.25) is 0 Å². The largest absolute Gasteiger partial charge is 0.391 e. The van der Waals surface area contributed by atoms with Crippen LogP contribution in [-0.2, 0) is 16.0 Å². The molecule has 1 aromatic heterocycles. The molecule has 1 aliphatic carbocycles. The second-order valence-corrected chi connectivity index (χ2v) is 9.68. The van der Waals surface area contributed by atoms with Crippen LogP contribution < -0.4 is 10.6 Å². The average molecular weight is 455 g/mol. The number of rotatable bonds is 8. The van der Waals surface area contributed by atoms with Gasteiger partial charge in [-0.25, -0.2) is 0 Å². The van der Waals surface area contributed by atoms with E-state index in [1.807, 2.05) is 43.1 Å². The highest BCUT2D eigenvalue weighted by Gasteiger charge is 2.42. The number of para-hydroxylation sites is 1. The molecule has 2 heterocycles. The molecule has 1 saturated carbocycles. The number of carbonyl (C=O) groups excluding carboxylic acids is 2. The molecular weight excluding hydrogens is 416 g/mol. The summed E-state index contributed by atoms with van der Waals surface area (Å²) in [6.07, 6.45) is 7.86. The molecule has 2 fully saturated rings. The molecule has 4 atom stereocenters. The minimum atomic E-state index is -0.564. The predicted octanol–water partition coefficient (Wildman–Crippen LogP) is 2.74. The Hall–Kier alpha value is -2.38. The van der Waals surface area contributed by atoms with Crippen LogP contribution in [0.25, 0.3) is 10.9 Å². The maximum atomic E-state index is 13.9. The van der Waals surface area contributed by atoms with Crippen LogP contribution in [0.5, 0.6) is 0 Å². The molecule has 2 aliphatic rings. The van der Waals surface area contributed by atoms with E-state index in [1.165, 1.54) is 6.42 Å². The Morgan fingerprint density at radius 3 is 2.70 bits per heavy atom. The number of benzene rings is 1. The highest BCUT2D eigenvalue weighted by molar-refractivity contribution is 5.90. The summed E-state index contributed by atoms with van der Waals surface area (Å²) in [7, 11) is 0. The van der Waals surface area contributed by atoms with Gasteiger partial charge in [0.05, 0.1) is 18.2 Å². The number of carbonyl (C=O) groups is 2. The zero-order chi connectivity index (χ0) is 23.4. The van der Waals surface area contributed by atoms with Crippen molar-refractivity contribution < 1.29 is 14.7 Å². The number of likely N-dealkylation sites (tertiary alicyclic amines) is 1. The van der Waals surface area contributed by atoms with E-state index in [-0.39, 0.29) is 29.8 Å². The molecule has 7 nitrogen and oxygen atoms in total. The molecular formula is C26H38N4O3. The first-order valence-corrected chi connectivity index (χ1v) is 12.6. The molecule has 2 amide bonds. The van der Waals surface area contributed by atoms with Crippen molar-refractivity contribution in [2.75, 3.05) is 13.1 Å². The molecule has 1 unspecified atom stereocenters. The van der Waals surface area contributed by atoms with Crippen LogP contribution >= 0.6 is 0 Å². The molecule has 180 valence electrons. The van der Waals surface area contributed by atoms with Crippen molar-refractivity contribution in [3.63, 3.8) is 0 Å². The highest BCUT2D eigenvalue weighted by Crippen LogP contribution is 2.31. The summed E-state index contributed by atoms with van der Waals surface area (Å²) in [6.45, 7) is 5.02. The van der Waals surface area contributed by atoms with Gasteiger partial charge in [-0.05, 0) is 56.7 Å². The van der Waals surface area contributed by atoms with Gasteiger partial charge in [0.25, 0.3) is 0 Å². The lowest BCUT2D eigenvalue weighted by Gasteiger charge is -2.36. The Bertz CT molecular complexity index is 952. The number of aliphatic hydroxyl groups excluding tert-OH is 1. The maximum absolute atomic E-state index is 13.9. The SMILES string of the molecule is CCN[C@@H](C)C(=O)N[C@H](C(=O)N1CCC(O)[C@@H]1Cc1c[nH]c2ccccc12)C1CCCCC1. The highest BCUT2D eigenvalue weighted by atomic mass is 16.3. The van der Waals surface area contributed by atoms with Crippen molar-refractivity contribution in [3.8, 4) is 0 Å². The lowest BCUT2D eigenvalue weighted by molar-refractivity contribution is -0.140. The summed E-state index contributed by atoms with van der Waals surface area (Å²) in [4.78, 5) is 31.9. The van der Waals surface area contributed by atoms with Gasteiger partial charge in [0.1, 0.15) is 6.04 Å². The van der Waals surface area contributed by atoms with E-state index in [4.69, 9.17) is 0 Å². The van der Waals surface area contributed by atoms with Gasteiger partial charge in [0, 0.05) is 23.6 Å². The standard InChI is InChI=1S/C26H38N4O3/c1-3-27-17(2)25(32)29-24(18-9-5-4-6-10-18)26(33)30-14-13-23(31)22(30)15-19-16-28-21-12-8-7-11-20(19)21/h7-8,11-12,16-18,22-24,27-28,31H,3-6,9-10,13-15H2,1-2H3,(H,29,32)/t17-,22-,23?,24-/m0/s1. The molecule has 1 aliphatic heterocycles. The number of nitrogens with one attached hydrogen (secondary N) is 3. The number of hydrogen-bond donors (Lipinski definition) is 4. The normalized spacial score (nSPS) is 23.5. The van der Waals surface area contributed by atoms with E-state index in [2.05, 4.69) is 21.7 Å². The summed E-state index contributed by atoms with van der Waals surface area (Å²) in [6, 6.07) is 6.94. The lowest BCUT2D eigenvalue weighted by Crippen LogP contribution is -2.57. The third-order valence-electron chi connectivity index (χ3n) is 7.49. The number of aromatic amines is 1. The van der Waals surface area contributed by atoms with Gasteiger partial charge in [0.15, 0.2) is 0 Å². The summed E-state index contributed by atoms with van der Waals surface area (Å²) >= 11 is 0. The third kappa shape index (κ3) is 5.25. The van der Waals surface area contributed by atoms with Crippen LogP contribution in [0, 0.1) is 5.92 Å². The first-order chi connectivity index (χ1) is 16.0. The first kappa shape index (κ1) is 23.8. The maximum Gasteiger partial charge on any atom is 0.245 e. The van der Waals surface area contributed by atoms with Crippen molar-refractivity contribution >= 4 is 22.7 Å². The summed E-state index contributed by atoms with van der Waals surface area (Å²) < 4.78 is 0. The fraction of sp³-hybridized carbons (Fsp3) is 0.615. The van der Waals surface area contributed by atoms with Crippen LogP contribution in [-0.4, -0.2) is 64.1 Å². The second kappa shape index (κ2) is 10.7. The third-order valence-corrected chi connectivity index (χ3v) is 7.49. The van der Waals surface area contributed by atoms with Gasteiger partial charge in [-0.15, -0.1) is 0 Å². The molecule has 4 rings (SSSR count). The summed E-state index contributed by atoms with van der Waals surface area (Å²) in [5.74, 6) is -0.0236. The van der Waals surface area contributed by atoms with E-state index < -0.39 is 12.1 Å². The van der Waals surface area contributed by atoms with Crippen molar-refractivity contribution in [2.45, 2.75) is 83.0 Å². The quantitative estimate of drug-likeness (QED) is 0.493. The Morgan fingerprint density at radius 1 is 1.18 bits per heavy atom. The minimum absolute atomic E-state index is 0.0414. The van der Waals surface area contributed by atoms with Crippen LogP contribution in [0.4, 0.5) is 0 Å². The average Bonchev–Trinajstić information content (AvgIpc) is 3.41. The van der Waals surface area contributed by atoms with E-state index >= 15 is 0 Å². The fourth-order valence-corrected chi connectivity index (χ4v) is 5.59. The number of likely N-dealkylation sites (N-methyl/N-ethyl adjacent to an activating group) is 1. The van der Waals surface area contributed by atoms with Gasteiger partial charge in [-0.3, -0.25) is 9.59 Å². The summed E-state index contributed by atoms with van der Waals surface area (Å²) in [5, 5.41) is 18.2. The molecule has 4 N–H and O–H groups in total. The smallest absolute Gasteiger partial charge is 0.245 e. The van der Waals surface area contributed by atoms with E-state index in [1.54, 1.807) is 0 Å². The zero-order valence-corrected chi connectivity index (χ0v) is 19.8. The zero-order valence-electron chi connectivity index (χ0n) is 19.8. The van der Waals surface area contributed by atoms with Crippen LogP contribution in [0.1, 0.15) is 57.9 Å². The Morgan fingerprint density at radius 2 is 1.94 bits per heavy atom. The van der Waals surface area contributed by atoms with Gasteiger partial charge in [-0.1, -0.05) is 44.4 Å². The number of nitrogens with zero attached hydrogens (tertiary/aromatic N) is 1. The number of aliphatic hydroxyl groups is 1. The molecule has 0 spiro atoms. The number of amides is 2. The number of hydrogen-bond acceptors (Lipinski definition) is 4. The minimum Gasteiger partial charge on any atom is -0.391 e. The molecule has 2 aromatic rings. The first-order valence-electron chi connectivity index (χ1n) is 12.6. The molecule has 0 radical (unpaired) electrons. The fourth-order valence-electron chi connectivity index (χ4n) is 5.59. The molecule has 7 heteroatoms. The second-order valence-electron chi connectivity index (χ2n) is 9.68.